The predicted molar refractivity (Wildman–Crippen MR) is 80.7 cm³/mol. The summed E-state index contributed by atoms with van der Waals surface area (Å²) >= 11 is 12.6. The van der Waals surface area contributed by atoms with E-state index in [9.17, 15) is 4.79 Å². The summed E-state index contributed by atoms with van der Waals surface area (Å²) < 4.78 is 5.69. The average molecular weight is 400 g/mol. The third kappa shape index (κ3) is 5.26. The van der Waals surface area contributed by atoms with Crippen LogP contribution in [0.3, 0.4) is 0 Å². The van der Waals surface area contributed by atoms with Gasteiger partial charge in [-0.1, -0.05) is 27.5 Å². The van der Waals surface area contributed by atoms with Gasteiger partial charge in [0.05, 0.1) is 12.2 Å². The van der Waals surface area contributed by atoms with Crippen molar-refractivity contribution in [2.45, 2.75) is 11.2 Å². The number of methoxy groups -OCH3 is 1. The summed E-state index contributed by atoms with van der Waals surface area (Å²) in [5, 5.41) is 3.45. The van der Waals surface area contributed by atoms with Gasteiger partial charge in [-0.3, -0.25) is 4.79 Å². The van der Waals surface area contributed by atoms with E-state index < -0.39 is 0 Å². The van der Waals surface area contributed by atoms with Gasteiger partial charge < -0.3 is 10.1 Å². The molecule has 0 bridgehead atoms. The number of nitrogens with one attached hydrogen (secondary N) is 1. The van der Waals surface area contributed by atoms with Gasteiger partial charge in [0.2, 0.25) is 0 Å². The Labute approximate surface area is 128 Å². The predicted octanol–water partition coefficient (Wildman–Crippen LogP) is 3.63. The lowest BCUT2D eigenvalue weighted by Crippen LogP contribution is -2.27. The van der Waals surface area contributed by atoms with E-state index in [0.29, 0.717) is 28.2 Å². The van der Waals surface area contributed by atoms with Crippen LogP contribution in [0.1, 0.15) is 16.8 Å². The molecule has 0 aliphatic heterocycles. The van der Waals surface area contributed by atoms with E-state index in [1.54, 1.807) is 25.3 Å². The molecule has 0 saturated heterocycles. The molecule has 0 fully saturated rings. The highest BCUT2D eigenvalue weighted by Crippen LogP contribution is 2.21. The van der Waals surface area contributed by atoms with E-state index >= 15 is 0 Å². The number of carbonyl (C=O) groups is 1. The highest BCUT2D eigenvalue weighted by atomic mass is 79.9. The quantitative estimate of drug-likeness (QED) is 0.742. The van der Waals surface area contributed by atoms with Gasteiger partial charge in [-0.2, -0.15) is 0 Å². The Bertz CT molecular complexity index is 415. The van der Waals surface area contributed by atoms with Crippen molar-refractivity contribution in [2.24, 2.45) is 0 Å². The molecule has 100 valence electrons. The van der Waals surface area contributed by atoms with Crippen molar-refractivity contribution in [3.05, 3.63) is 33.3 Å². The Morgan fingerprint density at radius 3 is 2.89 bits per heavy atom. The average Bonchev–Trinajstić information content (AvgIpc) is 2.29. The Morgan fingerprint density at radius 2 is 2.28 bits per heavy atom. The topological polar surface area (TPSA) is 38.3 Å². The van der Waals surface area contributed by atoms with Crippen LogP contribution in [-0.2, 0) is 4.74 Å². The van der Waals surface area contributed by atoms with Crippen LogP contribution >= 0.6 is 43.5 Å². The lowest BCUT2D eigenvalue weighted by atomic mass is 10.2. The van der Waals surface area contributed by atoms with Crippen molar-refractivity contribution in [3.63, 3.8) is 0 Å². The van der Waals surface area contributed by atoms with E-state index in [4.69, 9.17) is 16.3 Å². The van der Waals surface area contributed by atoms with Crippen molar-refractivity contribution >= 4 is 49.4 Å². The zero-order chi connectivity index (χ0) is 13.5. The van der Waals surface area contributed by atoms with Crippen LogP contribution < -0.4 is 5.32 Å². The molecule has 1 amide bonds. The van der Waals surface area contributed by atoms with E-state index in [1.165, 1.54) is 0 Å². The van der Waals surface area contributed by atoms with Crippen molar-refractivity contribution < 1.29 is 9.53 Å². The molecule has 6 heteroatoms. The SMILES string of the molecule is COCC(Br)CCNC(=O)c1ccc(Cl)cc1Br. The van der Waals surface area contributed by atoms with Crippen LogP contribution in [0.5, 0.6) is 0 Å². The van der Waals surface area contributed by atoms with Crippen LogP contribution in [-0.4, -0.2) is 31.0 Å². The number of halogens is 3. The molecule has 1 N–H and O–H groups in total. The largest absolute Gasteiger partial charge is 0.384 e. The highest BCUT2D eigenvalue weighted by Gasteiger charge is 2.10. The van der Waals surface area contributed by atoms with Gasteiger partial charge >= 0.3 is 0 Å². The Morgan fingerprint density at radius 1 is 1.56 bits per heavy atom. The van der Waals surface area contributed by atoms with Crippen molar-refractivity contribution in [2.75, 3.05) is 20.3 Å². The fourth-order valence-electron chi connectivity index (χ4n) is 1.38. The molecule has 1 unspecified atom stereocenters. The minimum Gasteiger partial charge on any atom is -0.384 e. The standard InChI is InChI=1S/C12H14Br2ClNO2/c1-18-7-8(13)4-5-16-12(17)10-3-2-9(15)6-11(10)14/h2-3,6,8H,4-5,7H2,1H3,(H,16,17). The number of carbonyl (C=O) groups excluding carboxylic acids is 1. The summed E-state index contributed by atoms with van der Waals surface area (Å²) in [4.78, 5) is 12.1. The Hall–Kier alpha value is -0.100. The molecule has 1 rings (SSSR count). The summed E-state index contributed by atoms with van der Waals surface area (Å²) in [6.07, 6.45) is 0.810. The number of ether oxygens (including phenoxy) is 1. The summed E-state index contributed by atoms with van der Waals surface area (Å²) in [5.74, 6) is -0.115. The molecule has 0 aromatic heterocycles. The summed E-state index contributed by atoms with van der Waals surface area (Å²) in [7, 11) is 1.65. The van der Waals surface area contributed by atoms with E-state index in [2.05, 4.69) is 37.2 Å². The van der Waals surface area contributed by atoms with Gasteiger partial charge in [-0.25, -0.2) is 0 Å². The molecule has 1 atom stereocenters. The number of amides is 1. The van der Waals surface area contributed by atoms with Crippen molar-refractivity contribution in [3.8, 4) is 0 Å². The fraction of sp³-hybridized carbons (Fsp3) is 0.417. The molecule has 0 radical (unpaired) electrons. The lowest BCUT2D eigenvalue weighted by Gasteiger charge is -2.10. The lowest BCUT2D eigenvalue weighted by molar-refractivity contribution is 0.0951. The molecule has 0 heterocycles. The summed E-state index contributed by atoms with van der Waals surface area (Å²) in [6, 6.07) is 5.09. The van der Waals surface area contributed by atoms with Gasteiger partial charge in [-0.15, -0.1) is 0 Å². The molecular formula is C12H14Br2ClNO2. The molecule has 18 heavy (non-hydrogen) atoms. The maximum absolute atomic E-state index is 11.9. The van der Waals surface area contributed by atoms with E-state index in [1.807, 2.05) is 0 Å². The monoisotopic (exact) mass is 397 g/mol. The number of rotatable bonds is 6. The minimum atomic E-state index is -0.115. The number of hydrogen-bond donors (Lipinski definition) is 1. The van der Waals surface area contributed by atoms with Crippen LogP contribution in [0.25, 0.3) is 0 Å². The maximum atomic E-state index is 11.9. The van der Waals surface area contributed by atoms with Gasteiger partial charge in [-0.05, 0) is 40.5 Å². The molecule has 0 aliphatic carbocycles. The minimum absolute atomic E-state index is 0.115. The zero-order valence-corrected chi connectivity index (χ0v) is 13.8. The maximum Gasteiger partial charge on any atom is 0.252 e. The van der Waals surface area contributed by atoms with Crippen LogP contribution in [0, 0.1) is 0 Å². The molecule has 0 spiro atoms. The fourth-order valence-corrected chi connectivity index (χ4v) is 2.73. The highest BCUT2D eigenvalue weighted by molar-refractivity contribution is 9.10. The number of benzene rings is 1. The first-order valence-electron chi connectivity index (χ1n) is 5.41. The molecule has 0 aliphatic rings. The second-order valence-corrected chi connectivity index (χ2v) is 6.31. The third-order valence-corrected chi connectivity index (χ3v) is 3.88. The van der Waals surface area contributed by atoms with Gasteiger partial charge in [0.15, 0.2) is 0 Å². The third-order valence-electron chi connectivity index (χ3n) is 2.27. The molecule has 1 aromatic rings. The van der Waals surface area contributed by atoms with E-state index in [-0.39, 0.29) is 10.7 Å². The van der Waals surface area contributed by atoms with Gasteiger partial charge in [0.1, 0.15) is 0 Å². The molecule has 0 saturated carbocycles. The van der Waals surface area contributed by atoms with Crippen LogP contribution in [0.15, 0.2) is 22.7 Å². The molecule has 1 aromatic carbocycles. The second kappa shape index (κ2) is 8.15. The van der Waals surface area contributed by atoms with Crippen LogP contribution in [0.4, 0.5) is 0 Å². The number of hydrogen-bond acceptors (Lipinski definition) is 2. The van der Waals surface area contributed by atoms with Gasteiger partial charge in [0, 0.05) is 28.0 Å². The number of alkyl halides is 1. The normalized spacial score (nSPS) is 12.2. The molecular weight excluding hydrogens is 385 g/mol. The summed E-state index contributed by atoms with van der Waals surface area (Å²) in [5.41, 5.74) is 0.581. The van der Waals surface area contributed by atoms with Gasteiger partial charge in [0.25, 0.3) is 5.91 Å². The Kier molecular flexibility index (Phi) is 7.22. The first-order chi connectivity index (χ1) is 8.54. The summed E-state index contributed by atoms with van der Waals surface area (Å²) in [6.45, 7) is 1.22. The van der Waals surface area contributed by atoms with Crippen molar-refractivity contribution in [1.29, 1.82) is 0 Å². The first-order valence-corrected chi connectivity index (χ1v) is 7.49. The van der Waals surface area contributed by atoms with Crippen molar-refractivity contribution in [1.82, 2.24) is 5.32 Å². The second-order valence-electron chi connectivity index (χ2n) is 3.72. The Balaban J connectivity index is 2.45. The van der Waals surface area contributed by atoms with Crippen LogP contribution in [0.2, 0.25) is 5.02 Å². The zero-order valence-electron chi connectivity index (χ0n) is 9.88. The molecule has 3 nitrogen and oxygen atoms in total. The first kappa shape index (κ1) is 16.0. The smallest absolute Gasteiger partial charge is 0.252 e. The van der Waals surface area contributed by atoms with E-state index in [0.717, 1.165) is 6.42 Å².